The Morgan fingerprint density at radius 3 is 3.18 bits per heavy atom. The molecule has 4 heteroatoms. The number of furan rings is 1. The number of hydrogen-bond acceptors (Lipinski definition) is 3. The van der Waals surface area contributed by atoms with Crippen LogP contribution in [0.5, 0.6) is 0 Å². The van der Waals surface area contributed by atoms with Gasteiger partial charge in [0.25, 0.3) is 0 Å². The highest BCUT2D eigenvalue weighted by atomic mass is 16.3. The second-order valence-electron chi connectivity index (χ2n) is 4.61. The van der Waals surface area contributed by atoms with Crippen LogP contribution in [-0.2, 0) is 6.54 Å². The molecule has 0 spiro atoms. The van der Waals surface area contributed by atoms with Crippen molar-refractivity contribution in [3.8, 4) is 11.1 Å². The zero-order valence-corrected chi connectivity index (χ0v) is 9.80. The molecule has 1 aliphatic heterocycles. The first-order valence-corrected chi connectivity index (χ1v) is 6.20. The largest absolute Gasteiger partial charge is 0.472 e. The average molecular weight is 231 g/mol. The molecule has 2 aromatic heterocycles. The van der Waals surface area contributed by atoms with Gasteiger partial charge in [-0.05, 0) is 25.5 Å². The molecule has 1 N–H and O–H groups in total. The zero-order valence-electron chi connectivity index (χ0n) is 9.80. The summed E-state index contributed by atoms with van der Waals surface area (Å²) in [6, 6.07) is 2.53. The SMILES string of the molecule is c1cc(-c2cnn(CC3CCCCN3)c2)co1. The Morgan fingerprint density at radius 2 is 2.41 bits per heavy atom. The second kappa shape index (κ2) is 4.75. The van der Waals surface area contributed by atoms with Gasteiger partial charge in [-0.3, -0.25) is 4.68 Å². The van der Waals surface area contributed by atoms with Gasteiger partial charge in [0.2, 0.25) is 0 Å². The maximum absolute atomic E-state index is 5.08. The van der Waals surface area contributed by atoms with Crippen molar-refractivity contribution in [3.63, 3.8) is 0 Å². The first-order valence-electron chi connectivity index (χ1n) is 6.20. The number of nitrogens with one attached hydrogen (secondary N) is 1. The number of piperidine rings is 1. The van der Waals surface area contributed by atoms with Crippen molar-refractivity contribution in [1.29, 1.82) is 0 Å². The monoisotopic (exact) mass is 231 g/mol. The molecule has 1 fully saturated rings. The van der Waals surface area contributed by atoms with Crippen LogP contribution in [0.15, 0.2) is 35.4 Å². The quantitative estimate of drug-likeness (QED) is 0.881. The van der Waals surface area contributed by atoms with Crippen molar-refractivity contribution < 1.29 is 4.42 Å². The summed E-state index contributed by atoms with van der Waals surface area (Å²) in [4.78, 5) is 0. The van der Waals surface area contributed by atoms with E-state index in [2.05, 4.69) is 16.6 Å². The lowest BCUT2D eigenvalue weighted by Gasteiger charge is -2.23. The van der Waals surface area contributed by atoms with E-state index in [0.29, 0.717) is 6.04 Å². The van der Waals surface area contributed by atoms with Crippen LogP contribution in [0.4, 0.5) is 0 Å². The Bertz CT molecular complexity index is 455. The zero-order chi connectivity index (χ0) is 11.5. The summed E-state index contributed by atoms with van der Waals surface area (Å²) in [5.74, 6) is 0. The average Bonchev–Trinajstić information content (AvgIpc) is 3.00. The number of nitrogens with zero attached hydrogens (tertiary/aromatic N) is 2. The molecule has 1 unspecified atom stereocenters. The van der Waals surface area contributed by atoms with Crippen molar-refractivity contribution in [2.45, 2.75) is 31.8 Å². The lowest BCUT2D eigenvalue weighted by molar-refractivity contribution is 0.351. The molecule has 0 amide bonds. The molecule has 90 valence electrons. The van der Waals surface area contributed by atoms with Crippen LogP contribution in [0.1, 0.15) is 19.3 Å². The van der Waals surface area contributed by atoms with Gasteiger partial charge in [-0.15, -0.1) is 0 Å². The minimum atomic E-state index is 0.570. The van der Waals surface area contributed by atoms with Crippen LogP contribution in [-0.4, -0.2) is 22.4 Å². The van der Waals surface area contributed by atoms with Crippen molar-refractivity contribution in [3.05, 3.63) is 31.0 Å². The molecule has 3 heterocycles. The van der Waals surface area contributed by atoms with Crippen LogP contribution < -0.4 is 5.32 Å². The first-order chi connectivity index (χ1) is 8.42. The lowest BCUT2D eigenvalue weighted by atomic mass is 10.1. The van der Waals surface area contributed by atoms with E-state index in [-0.39, 0.29) is 0 Å². The summed E-state index contributed by atoms with van der Waals surface area (Å²) in [6.07, 6.45) is 11.3. The van der Waals surface area contributed by atoms with E-state index < -0.39 is 0 Å². The lowest BCUT2D eigenvalue weighted by Crippen LogP contribution is -2.37. The maximum Gasteiger partial charge on any atom is 0.0982 e. The van der Waals surface area contributed by atoms with Crippen LogP contribution >= 0.6 is 0 Å². The third-order valence-electron chi connectivity index (χ3n) is 3.31. The topological polar surface area (TPSA) is 43.0 Å². The van der Waals surface area contributed by atoms with Gasteiger partial charge in [-0.1, -0.05) is 6.42 Å². The Morgan fingerprint density at radius 1 is 1.41 bits per heavy atom. The van der Waals surface area contributed by atoms with Crippen LogP contribution in [0.2, 0.25) is 0 Å². The van der Waals surface area contributed by atoms with Gasteiger partial charge in [0.05, 0.1) is 25.3 Å². The summed E-state index contributed by atoms with van der Waals surface area (Å²) in [6.45, 7) is 2.10. The Labute approximate surface area is 101 Å². The molecule has 2 aromatic rings. The van der Waals surface area contributed by atoms with Crippen molar-refractivity contribution in [2.24, 2.45) is 0 Å². The molecule has 0 aliphatic carbocycles. The molecule has 1 aliphatic rings. The number of hydrogen-bond donors (Lipinski definition) is 1. The van der Waals surface area contributed by atoms with Gasteiger partial charge < -0.3 is 9.73 Å². The van der Waals surface area contributed by atoms with Gasteiger partial charge in [0.1, 0.15) is 0 Å². The molecular weight excluding hydrogens is 214 g/mol. The fraction of sp³-hybridized carbons (Fsp3) is 0.462. The smallest absolute Gasteiger partial charge is 0.0982 e. The molecule has 0 radical (unpaired) electrons. The predicted molar refractivity (Wildman–Crippen MR) is 65.6 cm³/mol. The fourth-order valence-corrected chi connectivity index (χ4v) is 2.35. The van der Waals surface area contributed by atoms with E-state index in [1.54, 1.807) is 12.5 Å². The fourth-order valence-electron chi connectivity index (χ4n) is 2.35. The normalized spacial score (nSPS) is 20.6. The van der Waals surface area contributed by atoms with Crippen LogP contribution in [0.3, 0.4) is 0 Å². The van der Waals surface area contributed by atoms with Gasteiger partial charge in [0.15, 0.2) is 0 Å². The van der Waals surface area contributed by atoms with Crippen molar-refractivity contribution in [2.75, 3.05) is 6.54 Å². The van der Waals surface area contributed by atoms with Crippen LogP contribution in [0, 0.1) is 0 Å². The second-order valence-corrected chi connectivity index (χ2v) is 4.61. The number of rotatable bonds is 3. The van der Waals surface area contributed by atoms with E-state index >= 15 is 0 Å². The molecule has 4 nitrogen and oxygen atoms in total. The Balaban J connectivity index is 1.68. The third-order valence-corrected chi connectivity index (χ3v) is 3.31. The molecule has 0 aromatic carbocycles. The molecule has 17 heavy (non-hydrogen) atoms. The van der Waals surface area contributed by atoms with E-state index in [1.165, 1.54) is 19.3 Å². The molecule has 3 rings (SSSR count). The van der Waals surface area contributed by atoms with E-state index in [4.69, 9.17) is 4.42 Å². The van der Waals surface area contributed by atoms with Gasteiger partial charge in [-0.25, -0.2) is 0 Å². The van der Waals surface area contributed by atoms with Crippen molar-refractivity contribution in [1.82, 2.24) is 15.1 Å². The maximum atomic E-state index is 5.08. The minimum absolute atomic E-state index is 0.570. The standard InChI is InChI=1S/C13H17N3O/c1-2-5-14-13(3-1)9-16-8-12(7-15-16)11-4-6-17-10-11/h4,6-8,10,13-14H,1-3,5,9H2. The third kappa shape index (κ3) is 2.42. The Kier molecular flexibility index (Phi) is 2.96. The number of aromatic nitrogens is 2. The van der Waals surface area contributed by atoms with E-state index in [9.17, 15) is 0 Å². The summed E-state index contributed by atoms with van der Waals surface area (Å²) in [5, 5.41) is 7.93. The Hall–Kier alpha value is -1.55. The molecule has 1 atom stereocenters. The van der Waals surface area contributed by atoms with Gasteiger partial charge in [0, 0.05) is 23.4 Å². The summed E-state index contributed by atoms with van der Waals surface area (Å²) >= 11 is 0. The predicted octanol–water partition coefficient (Wildman–Crippen LogP) is 2.29. The first kappa shape index (κ1) is 10.6. The summed E-state index contributed by atoms with van der Waals surface area (Å²) in [7, 11) is 0. The molecular formula is C13H17N3O. The highest BCUT2D eigenvalue weighted by Gasteiger charge is 2.13. The molecule has 0 saturated carbocycles. The van der Waals surface area contributed by atoms with Gasteiger partial charge >= 0.3 is 0 Å². The summed E-state index contributed by atoms with van der Waals surface area (Å²) in [5.41, 5.74) is 2.21. The van der Waals surface area contributed by atoms with E-state index in [1.807, 2.05) is 16.9 Å². The van der Waals surface area contributed by atoms with Crippen molar-refractivity contribution >= 4 is 0 Å². The van der Waals surface area contributed by atoms with E-state index in [0.717, 1.165) is 24.2 Å². The molecule has 0 bridgehead atoms. The summed E-state index contributed by atoms with van der Waals surface area (Å²) < 4.78 is 7.10. The highest BCUT2D eigenvalue weighted by molar-refractivity contribution is 5.59. The van der Waals surface area contributed by atoms with Gasteiger partial charge in [-0.2, -0.15) is 5.10 Å². The minimum Gasteiger partial charge on any atom is -0.472 e. The van der Waals surface area contributed by atoms with Crippen LogP contribution in [0.25, 0.3) is 11.1 Å². The molecule has 1 saturated heterocycles. The highest BCUT2D eigenvalue weighted by Crippen LogP contribution is 2.19.